The van der Waals surface area contributed by atoms with E-state index in [1.54, 1.807) is 17.8 Å². The van der Waals surface area contributed by atoms with Gasteiger partial charge in [0.05, 0.1) is 0 Å². The van der Waals surface area contributed by atoms with Crippen LogP contribution >= 0.6 is 23.1 Å². The second-order valence-electron chi connectivity index (χ2n) is 6.62. The van der Waals surface area contributed by atoms with E-state index in [0.717, 1.165) is 15.3 Å². The van der Waals surface area contributed by atoms with E-state index in [-0.39, 0.29) is 12.3 Å². The monoisotopic (exact) mass is 448 g/mol. The molecule has 2 aromatic carbocycles. The topological polar surface area (TPSA) is 69.9 Å². The van der Waals surface area contributed by atoms with Gasteiger partial charge in [-0.2, -0.15) is 4.68 Å². The number of hydrogen-bond donors (Lipinski definition) is 0. The Morgan fingerprint density at radius 3 is 2.65 bits per heavy atom. The first-order chi connectivity index (χ1) is 15.2. The van der Waals surface area contributed by atoms with E-state index in [0.29, 0.717) is 11.6 Å². The Kier molecular flexibility index (Phi) is 6.91. The lowest BCUT2D eigenvalue weighted by Gasteiger charge is -2.10. The number of rotatable bonds is 8. The van der Waals surface area contributed by atoms with Crippen molar-refractivity contribution in [3.63, 3.8) is 0 Å². The molecule has 0 N–H and O–H groups in total. The lowest BCUT2D eigenvalue weighted by Crippen LogP contribution is -2.16. The van der Waals surface area contributed by atoms with Gasteiger partial charge < -0.3 is 4.74 Å². The molecule has 4 rings (SSSR count). The minimum Gasteiger partial charge on any atom is -0.460 e. The molecule has 31 heavy (non-hydrogen) atoms. The predicted octanol–water partition coefficient (Wildman–Crippen LogP) is 5.04. The van der Waals surface area contributed by atoms with Crippen molar-refractivity contribution < 1.29 is 9.53 Å². The van der Waals surface area contributed by atoms with Gasteiger partial charge in [-0.3, -0.25) is 0 Å². The van der Waals surface area contributed by atoms with E-state index in [1.165, 1.54) is 21.6 Å². The van der Waals surface area contributed by atoms with Gasteiger partial charge in [0.1, 0.15) is 6.61 Å². The van der Waals surface area contributed by atoms with Gasteiger partial charge in [0.2, 0.25) is 0 Å². The zero-order valence-corrected chi connectivity index (χ0v) is 18.5. The van der Waals surface area contributed by atoms with Crippen LogP contribution in [-0.4, -0.2) is 38.5 Å². The minimum atomic E-state index is -0.470. The van der Waals surface area contributed by atoms with Crippen LogP contribution in [0.3, 0.4) is 0 Å². The van der Waals surface area contributed by atoms with Gasteiger partial charge in [-0.1, -0.05) is 54.1 Å². The molecule has 156 valence electrons. The van der Waals surface area contributed by atoms with Gasteiger partial charge in [0.25, 0.3) is 0 Å². The Hall–Kier alpha value is -3.23. The van der Waals surface area contributed by atoms with E-state index >= 15 is 0 Å². The van der Waals surface area contributed by atoms with E-state index in [1.807, 2.05) is 47.8 Å². The highest BCUT2D eigenvalue weighted by atomic mass is 32.2. The molecule has 0 saturated carbocycles. The molecule has 4 aromatic rings. The highest BCUT2D eigenvalue weighted by Gasteiger charge is 2.20. The summed E-state index contributed by atoms with van der Waals surface area (Å²) in [4.78, 5) is 15.0. The number of tetrazole rings is 1. The third-order valence-electron chi connectivity index (χ3n) is 4.37. The molecular weight excluding hydrogens is 428 g/mol. The van der Waals surface area contributed by atoms with Crippen LogP contribution in [0.4, 0.5) is 0 Å². The summed E-state index contributed by atoms with van der Waals surface area (Å²) in [5.74, 6) is 0.666. The minimum absolute atomic E-state index is 0.270. The summed E-state index contributed by atoms with van der Waals surface area (Å²) in [5, 5.41) is 13.9. The predicted molar refractivity (Wildman–Crippen MR) is 125 cm³/mol. The number of thioether (sulfide) groups is 1. The van der Waals surface area contributed by atoms with E-state index in [4.69, 9.17) is 4.74 Å². The van der Waals surface area contributed by atoms with Crippen molar-refractivity contribution in [2.75, 3.05) is 12.4 Å². The van der Waals surface area contributed by atoms with Crippen molar-refractivity contribution in [1.82, 2.24) is 20.2 Å². The summed E-state index contributed by atoms with van der Waals surface area (Å²) in [6.07, 6.45) is 1.75. The summed E-state index contributed by atoms with van der Waals surface area (Å²) in [5.41, 5.74) is 2.30. The van der Waals surface area contributed by atoms with Gasteiger partial charge in [-0.05, 0) is 47.0 Å². The van der Waals surface area contributed by atoms with Crippen LogP contribution in [0.2, 0.25) is 0 Å². The molecule has 2 heterocycles. The summed E-state index contributed by atoms with van der Waals surface area (Å²) in [7, 11) is 0. The van der Waals surface area contributed by atoms with Crippen LogP contribution < -0.4 is 0 Å². The van der Waals surface area contributed by atoms with Gasteiger partial charge >= 0.3 is 5.97 Å². The summed E-state index contributed by atoms with van der Waals surface area (Å²) in [6, 6.07) is 21.6. The number of esters is 1. The van der Waals surface area contributed by atoms with Crippen LogP contribution in [0.25, 0.3) is 23.2 Å². The Morgan fingerprint density at radius 1 is 1.10 bits per heavy atom. The standard InChI is InChI=1S/C23H20N4O2S2/c1-17-9-11-19(12-10-17)31-15-13-29-23(28)21(16-20-8-5-14-30-20)27-22(24-25-26-27)18-6-3-2-4-7-18/h2-12,14,16H,13,15H2,1H3. The van der Waals surface area contributed by atoms with Crippen LogP contribution in [0.15, 0.2) is 77.0 Å². The number of aryl methyl sites for hydroxylation is 1. The average molecular weight is 449 g/mol. The van der Waals surface area contributed by atoms with Gasteiger partial charge in [-0.15, -0.1) is 28.2 Å². The van der Waals surface area contributed by atoms with Crippen molar-refractivity contribution in [3.05, 3.63) is 82.6 Å². The maximum Gasteiger partial charge on any atom is 0.357 e. The van der Waals surface area contributed by atoms with Crippen LogP contribution in [0, 0.1) is 6.92 Å². The number of aromatic nitrogens is 4. The first-order valence-electron chi connectivity index (χ1n) is 9.67. The zero-order valence-electron chi connectivity index (χ0n) is 16.8. The molecule has 0 aliphatic rings. The van der Waals surface area contributed by atoms with Crippen LogP contribution in [0.1, 0.15) is 10.4 Å². The van der Waals surface area contributed by atoms with Gasteiger partial charge in [0.15, 0.2) is 11.5 Å². The molecule has 0 aliphatic carbocycles. The molecule has 0 unspecified atom stereocenters. The number of benzene rings is 2. The van der Waals surface area contributed by atoms with Crippen molar-refractivity contribution in [1.29, 1.82) is 0 Å². The Balaban J connectivity index is 1.51. The van der Waals surface area contributed by atoms with Crippen molar-refractivity contribution in [3.8, 4) is 11.4 Å². The maximum absolute atomic E-state index is 13.0. The lowest BCUT2D eigenvalue weighted by molar-refractivity contribution is -0.136. The van der Waals surface area contributed by atoms with Crippen molar-refractivity contribution in [2.45, 2.75) is 11.8 Å². The summed E-state index contributed by atoms with van der Waals surface area (Å²) in [6.45, 7) is 2.34. The smallest absolute Gasteiger partial charge is 0.357 e. The first kappa shape index (κ1) is 21.0. The third-order valence-corrected chi connectivity index (χ3v) is 6.16. The van der Waals surface area contributed by atoms with Crippen molar-refractivity contribution >= 4 is 40.8 Å². The fourth-order valence-electron chi connectivity index (χ4n) is 2.83. The second kappa shape index (κ2) is 10.2. The largest absolute Gasteiger partial charge is 0.460 e. The van der Waals surface area contributed by atoms with E-state index in [9.17, 15) is 4.79 Å². The number of carbonyl (C=O) groups is 1. The van der Waals surface area contributed by atoms with Gasteiger partial charge in [-0.25, -0.2) is 4.79 Å². The molecule has 0 spiro atoms. The number of ether oxygens (including phenoxy) is 1. The Morgan fingerprint density at radius 2 is 1.90 bits per heavy atom. The highest BCUT2D eigenvalue weighted by Crippen LogP contribution is 2.23. The summed E-state index contributed by atoms with van der Waals surface area (Å²) < 4.78 is 7.01. The fraction of sp³-hybridized carbons (Fsp3) is 0.130. The first-order valence-corrected chi connectivity index (χ1v) is 11.5. The SMILES string of the molecule is Cc1ccc(SCCOC(=O)C(=Cc2cccs2)n2nnnc2-c2ccccc2)cc1. The molecule has 0 atom stereocenters. The van der Waals surface area contributed by atoms with Crippen LogP contribution in [0.5, 0.6) is 0 Å². The Labute approximate surface area is 188 Å². The van der Waals surface area contributed by atoms with E-state index < -0.39 is 5.97 Å². The maximum atomic E-state index is 13.0. The second-order valence-corrected chi connectivity index (χ2v) is 8.77. The number of carbonyl (C=O) groups excluding carboxylic acids is 1. The molecule has 2 aromatic heterocycles. The average Bonchev–Trinajstić information content (AvgIpc) is 3.49. The molecule has 0 radical (unpaired) electrons. The van der Waals surface area contributed by atoms with E-state index in [2.05, 4.69) is 46.7 Å². The molecule has 0 bridgehead atoms. The quantitative estimate of drug-likeness (QED) is 0.163. The summed E-state index contributed by atoms with van der Waals surface area (Å²) >= 11 is 3.17. The zero-order chi connectivity index (χ0) is 21.5. The Bertz CT molecular complexity index is 1150. The molecular formula is C23H20N4O2S2. The third kappa shape index (κ3) is 5.48. The number of nitrogens with zero attached hydrogens (tertiary/aromatic N) is 4. The van der Waals surface area contributed by atoms with Crippen molar-refractivity contribution in [2.24, 2.45) is 0 Å². The molecule has 0 aliphatic heterocycles. The number of thiophene rings is 1. The van der Waals surface area contributed by atoms with Crippen LogP contribution in [-0.2, 0) is 9.53 Å². The molecule has 0 fully saturated rings. The molecule has 0 saturated heterocycles. The number of hydrogen-bond acceptors (Lipinski definition) is 7. The highest BCUT2D eigenvalue weighted by molar-refractivity contribution is 7.99. The van der Waals surface area contributed by atoms with Gasteiger partial charge in [0, 0.05) is 21.1 Å². The molecule has 6 nitrogen and oxygen atoms in total. The fourth-order valence-corrected chi connectivity index (χ4v) is 4.22. The molecule has 0 amide bonds. The normalized spacial score (nSPS) is 11.5. The molecule has 8 heteroatoms. The lowest BCUT2D eigenvalue weighted by atomic mass is 10.2.